The molecule has 1 saturated heterocycles. The van der Waals surface area contributed by atoms with Crippen molar-refractivity contribution in [3.8, 4) is 0 Å². The lowest BCUT2D eigenvalue weighted by atomic mass is 10.4. The van der Waals surface area contributed by atoms with Crippen molar-refractivity contribution in [2.45, 2.75) is 12.8 Å². The summed E-state index contributed by atoms with van der Waals surface area (Å²) in [5.74, 6) is 0.0677. The van der Waals surface area contributed by atoms with E-state index in [1.165, 1.54) is 0 Å². The first-order chi connectivity index (χ1) is 6.27. The molecule has 0 unspecified atom stereocenters. The van der Waals surface area contributed by atoms with Crippen molar-refractivity contribution in [3.63, 3.8) is 0 Å². The average Bonchev–Trinajstić information content (AvgIpc) is 2.72. The minimum absolute atomic E-state index is 0.0677. The van der Waals surface area contributed by atoms with Gasteiger partial charge in [-0.1, -0.05) is 0 Å². The molecule has 13 heavy (non-hydrogen) atoms. The molecule has 0 spiro atoms. The maximum atomic E-state index is 11.7. The minimum Gasteiger partial charge on any atom is -0.337 e. The Morgan fingerprint density at radius 1 is 1.46 bits per heavy atom. The second-order valence-electron chi connectivity index (χ2n) is 3.37. The monoisotopic (exact) mass is 179 g/mol. The summed E-state index contributed by atoms with van der Waals surface area (Å²) >= 11 is 0. The summed E-state index contributed by atoms with van der Waals surface area (Å²) in [4.78, 5) is 13.6. The SMILES string of the molecule is Cn1ccc(C(=O)N2CCCC2)n1. The van der Waals surface area contributed by atoms with E-state index in [1.807, 2.05) is 11.9 Å². The van der Waals surface area contributed by atoms with E-state index in [0.29, 0.717) is 5.69 Å². The molecule has 0 saturated carbocycles. The molecule has 0 radical (unpaired) electrons. The molecule has 1 aromatic heterocycles. The van der Waals surface area contributed by atoms with E-state index in [1.54, 1.807) is 16.9 Å². The molecule has 2 heterocycles. The van der Waals surface area contributed by atoms with Crippen LogP contribution in [-0.4, -0.2) is 33.7 Å². The van der Waals surface area contributed by atoms with Crippen molar-refractivity contribution < 1.29 is 4.79 Å². The van der Waals surface area contributed by atoms with E-state index in [4.69, 9.17) is 0 Å². The first kappa shape index (κ1) is 8.29. The Balaban J connectivity index is 2.12. The number of carbonyl (C=O) groups excluding carboxylic acids is 1. The van der Waals surface area contributed by atoms with E-state index >= 15 is 0 Å². The van der Waals surface area contributed by atoms with Crippen LogP contribution < -0.4 is 0 Å². The predicted octanol–water partition coefficient (Wildman–Crippen LogP) is 0.656. The fourth-order valence-electron chi connectivity index (χ4n) is 1.61. The summed E-state index contributed by atoms with van der Waals surface area (Å²) in [6, 6.07) is 1.76. The summed E-state index contributed by atoms with van der Waals surface area (Å²) in [6.45, 7) is 1.77. The van der Waals surface area contributed by atoms with Crippen LogP contribution in [0.15, 0.2) is 12.3 Å². The van der Waals surface area contributed by atoms with Crippen molar-refractivity contribution in [3.05, 3.63) is 18.0 Å². The van der Waals surface area contributed by atoms with Crippen molar-refractivity contribution >= 4 is 5.91 Å². The number of nitrogens with zero attached hydrogens (tertiary/aromatic N) is 3. The molecule has 1 fully saturated rings. The third kappa shape index (κ3) is 1.56. The summed E-state index contributed by atoms with van der Waals surface area (Å²) in [5, 5.41) is 4.08. The highest BCUT2D eigenvalue weighted by Crippen LogP contribution is 2.10. The summed E-state index contributed by atoms with van der Waals surface area (Å²) in [6.07, 6.45) is 4.04. The highest BCUT2D eigenvalue weighted by Gasteiger charge is 2.20. The number of aromatic nitrogens is 2. The largest absolute Gasteiger partial charge is 0.337 e. The quantitative estimate of drug-likeness (QED) is 0.635. The number of aryl methyl sites for hydroxylation is 1. The molecule has 4 nitrogen and oxygen atoms in total. The highest BCUT2D eigenvalue weighted by atomic mass is 16.2. The zero-order valence-electron chi connectivity index (χ0n) is 7.73. The molecule has 0 bridgehead atoms. The van der Waals surface area contributed by atoms with Crippen molar-refractivity contribution in [2.75, 3.05) is 13.1 Å². The molecule has 0 aliphatic carbocycles. The maximum absolute atomic E-state index is 11.7. The molecule has 1 aliphatic heterocycles. The van der Waals surface area contributed by atoms with Crippen LogP contribution in [0, 0.1) is 0 Å². The van der Waals surface area contributed by atoms with Crippen LogP contribution in [0.1, 0.15) is 23.3 Å². The topological polar surface area (TPSA) is 38.1 Å². The van der Waals surface area contributed by atoms with Gasteiger partial charge in [0.1, 0.15) is 5.69 Å². The third-order valence-corrected chi connectivity index (χ3v) is 2.33. The Morgan fingerprint density at radius 3 is 2.69 bits per heavy atom. The molecule has 0 aromatic carbocycles. The van der Waals surface area contributed by atoms with Gasteiger partial charge in [-0.3, -0.25) is 9.48 Å². The van der Waals surface area contributed by atoms with E-state index in [-0.39, 0.29) is 5.91 Å². The van der Waals surface area contributed by atoms with E-state index in [0.717, 1.165) is 25.9 Å². The lowest BCUT2D eigenvalue weighted by molar-refractivity contribution is 0.0786. The van der Waals surface area contributed by atoms with Gasteiger partial charge in [-0.25, -0.2) is 0 Å². The third-order valence-electron chi connectivity index (χ3n) is 2.33. The van der Waals surface area contributed by atoms with Gasteiger partial charge < -0.3 is 4.90 Å². The van der Waals surface area contributed by atoms with Gasteiger partial charge in [-0.05, 0) is 18.9 Å². The number of carbonyl (C=O) groups is 1. The number of likely N-dealkylation sites (tertiary alicyclic amines) is 1. The molecule has 4 heteroatoms. The number of hydrogen-bond acceptors (Lipinski definition) is 2. The van der Waals surface area contributed by atoms with Crippen molar-refractivity contribution in [1.29, 1.82) is 0 Å². The van der Waals surface area contributed by atoms with Crippen LogP contribution in [0.25, 0.3) is 0 Å². The second kappa shape index (κ2) is 3.20. The van der Waals surface area contributed by atoms with Gasteiger partial charge in [-0.15, -0.1) is 0 Å². The van der Waals surface area contributed by atoms with Crippen LogP contribution in [0.3, 0.4) is 0 Å². The molecule has 1 aliphatic rings. The van der Waals surface area contributed by atoms with E-state index < -0.39 is 0 Å². The lowest BCUT2D eigenvalue weighted by Gasteiger charge is -2.12. The van der Waals surface area contributed by atoms with Crippen molar-refractivity contribution in [2.24, 2.45) is 7.05 Å². The first-order valence-electron chi connectivity index (χ1n) is 4.56. The lowest BCUT2D eigenvalue weighted by Crippen LogP contribution is -2.28. The molecular weight excluding hydrogens is 166 g/mol. The van der Waals surface area contributed by atoms with Crippen molar-refractivity contribution in [1.82, 2.24) is 14.7 Å². The Morgan fingerprint density at radius 2 is 2.15 bits per heavy atom. The average molecular weight is 179 g/mol. The van der Waals surface area contributed by atoms with Gasteiger partial charge in [-0.2, -0.15) is 5.10 Å². The maximum Gasteiger partial charge on any atom is 0.274 e. The summed E-state index contributed by atoms with van der Waals surface area (Å²) < 4.78 is 1.66. The van der Waals surface area contributed by atoms with Crippen LogP contribution in [0.4, 0.5) is 0 Å². The second-order valence-corrected chi connectivity index (χ2v) is 3.37. The molecule has 0 N–H and O–H groups in total. The Labute approximate surface area is 77.1 Å². The molecule has 1 aromatic rings. The molecular formula is C9H13N3O. The van der Waals surface area contributed by atoms with Gasteiger partial charge in [0.15, 0.2) is 0 Å². The molecule has 1 amide bonds. The van der Waals surface area contributed by atoms with Gasteiger partial charge in [0.2, 0.25) is 0 Å². The van der Waals surface area contributed by atoms with Gasteiger partial charge in [0.05, 0.1) is 0 Å². The van der Waals surface area contributed by atoms with Crippen LogP contribution in [0.2, 0.25) is 0 Å². The zero-order chi connectivity index (χ0) is 9.26. The summed E-state index contributed by atoms with van der Waals surface area (Å²) in [5.41, 5.74) is 0.560. The first-order valence-corrected chi connectivity index (χ1v) is 4.56. The Hall–Kier alpha value is -1.32. The van der Waals surface area contributed by atoms with Crippen LogP contribution in [-0.2, 0) is 7.05 Å². The van der Waals surface area contributed by atoms with E-state index in [2.05, 4.69) is 5.10 Å². The predicted molar refractivity (Wildman–Crippen MR) is 48.3 cm³/mol. The normalized spacial score (nSPS) is 16.5. The van der Waals surface area contributed by atoms with E-state index in [9.17, 15) is 4.79 Å². The number of rotatable bonds is 1. The Kier molecular flexibility index (Phi) is 2.04. The molecule has 70 valence electrons. The fourth-order valence-corrected chi connectivity index (χ4v) is 1.61. The van der Waals surface area contributed by atoms with Crippen LogP contribution >= 0.6 is 0 Å². The Bertz CT molecular complexity index is 312. The zero-order valence-corrected chi connectivity index (χ0v) is 7.73. The minimum atomic E-state index is 0.0677. The number of amides is 1. The standard InChI is InChI=1S/C9H13N3O/c1-11-7-4-8(10-11)9(13)12-5-2-3-6-12/h4,7H,2-3,5-6H2,1H3. The fraction of sp³-hybridized carbons (Fsp3) is 0.556. The number of hydrogen-bond donors (Lipinski definition) is 0. The van der Waals surface area contributed by atoms with Gasteiger partial charge in [0.25, 0.3) is 5.91 Å². The molecule has 0 atom stereocenters. The van der Waals surface area contributed by atoms with Crippen LogP contribution in [0.5, 0.6) is 0 Å². The highest BCUT2D eigenvalue weighted by molar-refractivity contribution is 5.92. The van der Waals surface area contributed by atoms with Gasteiger partial charge in [0, 0.05) is 26.3 Å². The van der Waals surface area contributed by atoms with Gasteiger partial charge >= 0.3 is 0 Å². The summed E-state index contributed by atoms with van der Waals surface area (Å²) in [7, 11) is 1.82. The molecule has 2 rings (SSSR count). The smallest absolute Gasteiger partial charge is 0.274 e.